The van der Waals surface area contributed by atoms with Gasteiger partial charge in [0, 0.05) is 0 Å². The number of hydrogen-bond acceptors (Lipinski definition) is 7. The molecule has 4 N–H and O–H groups in total. The van der Waals surface area contributed by atoms with Gasteiger partial charge in [0.2, 0.25) is 0 Å². The van der Waals surface area contributed by atoms with Crippen LogP contribution in [-0.2, 0) is 14.3 Å². The van der Waals surface area contributed by atoms with E-state index in [9.17, 15) is 25.2 Å². The predicted molar refractivity (Wildman–Crippen MR) is 68.6 cm³/mol. The fourth-order valence-electron chi connectivity index (χ4n) is 2.02. The van der Waals surface area contributed by atoms with Crippen LogP contribution in [0.15, 0.2) is 0 Å². The number of rotatable bonds is 7. The monoisotopic (exact) mass is 292 g/mol. The fraction of sp³-hybridized carbons (Fsp3) is 0.923. The summed E-state index contributed by atoms with van der Waals surface area (Å²) in [4.78, 5) is 11.7. The van der Waals surface area contributed by atoms with E-state index < -0.39 is 36.7 Å². The molecule has 0 aromatic heterocycles. The van der Waals surface area contributed by atoms with Gasteiger partial charge in [0.15, 0.2) is 12.4 Å². The molecule has 1 aliphatic heterocycles. The van der Waals surface area contributed by atoms with E-state index in [0.717, 1.165) is 25.7 Å². The van der Waals surface area contributed by atoms with E-state index in [0.29, 0.717) is 6.42 Å². The third-order valence-corrected chi connectivity index (χ3v) is 3.31. The molecule has 1 heterocycles. The van der Waals surface area contributed by atoms with Crippen molar-refractivity contribution in [3.63, 3.8) is 0 Å². The average Bonchev–Trinajstić information content (AvgIpc) is 2.44. The van der Waals surface area contributed by atoms with Gasteiger partial charge in [0.25, 0.3) is 0 Å². The van der Waals surface area contributed by atoms with Crippen molar-refractivity contribution in [2.75, 3.05) is 6.61 Å². The zero-order chi connectivity index (χ0) is 15.1. The third kappa shape index (κ3) is 4.68. The molecule has 0 spiro atoms. The van der Waals surface area contributed by atoms with Gasteiger partial charge in [-0.1, -0.05) is 32.6 Å². The number of unbranched alkanes of at least 4 members (excludes halogenated alkanes) is 4. The molecule has 0 aromatic carbocycles. The van der Waals surface area contributed by atoms with Gasteiger partial charge in [0.05, 0.1) is 6.61 Å². The molecular weight excluding hydrogens is 268 g/mol. The molecule has 118 valence electrons. The lowest BCUT2D eigenvalue weighted by Gasteiger charge is -2.36. The topological polar surface area (TPSA) is 116 Å². The number of aliphatic hydroxyl groups excluding tert-OH is 4. The molecule has 0 aliphatic carbocycles. The second-order valence-corrected chi connectivity index (χ2v) is 5.00. The molecule has 1 rings (SSSR count). The Labute approximate surface area is 118 Å². The molecule has 0 bridgehead atoms. The van der Waals surface area contributed by atoms with Crippen LogP contribution in [0.5, 0.6) is 0 Å². The lowest BCUT2D eigenvalue weighted by atomic mass is 9.99. The second kappa shape index (κ2) is 8.53. The fourth-order valence-corrected chi connectivity index (χ4v) is 2.02. The quantitative estimate of drug-likeness (QED) is 0.362. The highest BCUT2D eigenvalue weighted by Gasteiger charge is 2.46. The summed E-state index contributed by atoms with van der Waals surface area (Å²) in [5, 5.41) is 37.7. The van der Waals surface area contributed by atoms with E-state index in [2.05, 4.69) is 6.92 Å². The zero-order valence-corrected chi connectivity index (χ0v) is 11.6. The molecule has 0 unspecified atom stereocenters. The van der Waals surface area contributed by atoms with Crippen LogP contribution in [0.2, 0.25) is 0 Å². The van der Waals surface area contributed by atoms with Crippen LogP contribution < -0.4 is 0 Å². The van der Waals surface area contributed by atoms with Crippen molar-refractivity contribution in [2.45, 2.75) is 69.7 Å². The standard InChI is InChI=1S/C13H24O7/c1-2-3-4-5-6-7-19-13(18)11-9(15)8(14)10(16)12(17)20-11/h8-12,14-17H,2-7H2,1H3/t8-,9-,10+,11-,12+/m0/s1. The van der Waals surface area contributed by atoms with E-state index in [1.165, 1.54) is 0 Å². The Morgan fingerprint density at radius 2 is 1.65 bits per heavy atom. The minimum atomic E-state index is -1.73. The van der Waals surface area contributed by atoms with Gasteiger partial charge in [-0.3, -0.25) is 0 Å². The molecular formula is C13H24O7. The maximum Gasteiger partial charge on any atom is 0.338 e. The molecule has 20 heavy (non-hydrogen) atoms. The zero-order valence-electron chi connectivity index (χ0n) is 11.6. The van der Waals surface area contributed by atoms with Gasteiger partial charge in [-0.25, -0.2) is 4.79 Å². The molecule has 1 aliphatic rings. The smallest absolute Gasteiger partial charge is 0.338 e. The van der Waals surface area contributed by atoms with Gasteiger partial charge in [-0.2, -0.15) is 0 Å². The van der Waals surface area contributed by atoms with E-state index in [1.54, 1.807) is 0 Å². The maximum atomic E-state index is 11.7. The molecule has 7 heteroatoms. The summed E-state index contributed by atoms with van der Waals surface area (Å²) in [7, 11) is 0. The first-order valence-electron chi connectivity index (χ1n) is 7.03. The SMILES string of the molecule is CCCCCCCOC(=O)[C@H]1O[C@@H](O)[C@H](O)[C@@H](O)[C@@H]1O. The Bertz CT molecular complexity index is 296. The summed E-state index contributed by atoms with van der Waals surface area (Å²) in [6.07, 6.45) is -3.16. The Kier molecular flexibility index (Phi) is 7.39. The van der Waals surface area contributed by atoms with Crippen molar-refractivity contribution in [3.05, 3.63) is 0 Å². The van der Waals surface area contributed by atoms with Gasteiger partial charge < -0.3 is 29.9 Å². The molecule has 7 nitrogen and oxygen atoms in total. The van der Waals surface area contributed by atoms with E-state index >= 15 is 0 Å². The number of aliphatic hydroxyl groups is 4. The summed E-state index contributed by atoms with van der Waals surface area (Å²) in [5.74, 6) is -0.849. The third-order valence-electron chi connectivity index (χ3n) is 3.31. The Balaban J connectivity index is 2.32. The molecule has 1 fully saturated rings. The number of esters is 1. The van der Waals surface area contributed by atoms with Crippen LogP contribution in [0.4, 0.5) is 0 Å². The van der Waals surface area contributed by atoms with Crippen molar-refractivity contribution >= 4 is 5.97 Å². The normalized spacial score (nSPS) is 34.0. The van der Waals surface area contributed by atoms with Crippen LogP contribution in [0.1, 0.15) is 39.0 Å². The van der Waals surface area contributed by atoms with Crippen molar-refractivity contribution < 1.29 is 34.7 Å². The minimum Gasteiger partial charge on any atom is -0.464 e. The van der Waals surface area contributed by atoms with Crippen molar-refractivity contribution in [1.29, 1.82) is 0 Å². The summed E-state index contributed by atoms with van der Waals surface area (Å²) >= 11 is 0. The average molecular weight is 292 g/mol. The predicted octanol–water partition coefficient (Wildman–Crippen LogP) is -0.700. The summed E-state index contributed by atoms with van der Waals surface area (Å²) in [6, 6.07) is 0. The van der Waals surface area contributed by atoms with Crippen LogP contribution >= 0.6 is 0 Å². The summed E-state index contributed by atoms with van der Waals surface area (Å²) in [5.41, 5.74) is 0. The maximum absolute atomic E-state index is 11.7. The van der Waals surface area contributed by atoms with Gasteiger partial charge in [-0.15, -0.1) is 0 Å². The highest BCUT2D eigenvalue weighted by molar-refractivity contribution is 5.75. The number of carbonyl (C=O) groups is 1. The van der Waals surface area contributed by atoms with Gasteiger partial charge in [-0.05, 0) is 6.42 Å². The first-order valence-corrected chi connectivity index (χ1v) is 7.03. The largest absolute Gasteiger partial charge is 0.464 e. The first kappa shape index (κ1) is 17.3. The molecule has 0 saturated carbocycles. The number of ether oxygens (including phenoxy) is 2. The van der Waals surface area contributed by atoms with E-state index in [-0.39, 0.29) is 6.61 Å². The van der Waals surface area contributed by atoms with Crippen LogP contribution in [0.3, 0.4) is 0 Å². The molecule has 5 atom stereocenters. The van der Waals surface area contributed by atoms with E-state index in [4.69, 9.17) is 9.47 Å². The number of hydrogen-bond donors (Lipinski definition) is 4. The van der Waals surface area contributed by atoms with Crippen molar-refractivity contribution in [3.8, 4) is 0 Å². The minimum absolute atomic E-state index is 0.198. The van der Waals surface area contributed by atoms with E-state index in [1.807, 2.05) is 0 Å². The molecule has 0 amide bonds. The number of carbonyl (C=O) groups excluding carboxylic acids is 1. The van der Waals surface area contributed by atoms with Crippen LogP contribution in [0, 0.1) is 0 Å². The summed E-state index contributed by atoms with van der Waals surface area (Å²) in [6.45, 7) is 2.30. The Morgan fingerprint density at radius 3 is 2.30 bits per heavy atom. The van der Waals surface area contributed by atoms with Gasteiger partial charge in [0.1, 0.15) is 18.3 Å². The van der Waals surface area contributed by atoms with Gasteiger partial charge >= 0.3 is 5.97 Å². The molecule has 1 saturated heterocycles. The lowest BCUT2D eigenvalue weighted by Crippen LogP contribution is -2.59. The highest BCUT2D eigenvalue weighted by Crippen LogP contribution is 2.20. The Morgan fingerprint density at radius 1 is 1.00 bits per heavy atom. The summed E-state index contributed by atoms with van der Waals surface area (Å²) < 4.78 is 9.70. The first-order chi connectivity index (χ1) is 9.49. The van der Waals surface area contributed by atoms with Crippen molar-refractivity contribution in [2.24, 2.45) is 0 Å². The van der Waals surface area contributed by atoms with Crippen LogP contribution in [-0.4, -0.2) is 63.7 Å². The van der Waals surface area contributed by atoms with Crippen molar-refractivity contribution in [1.82, 2.24) is 0 Å². The van der Waals surface area contributed by atoms with Crippen LogP contribution in [0.25, 0.3) is 0 Å². The lowest BCUT2D eigenvalue weighted by molar-refractivity contribution is -0.281. The molecule has 0 aromatic rings. The second-order valence-electron chi connectivity index (χ2n) is 5.00. The Hall–Kier alpha value is -0.730. The highest BCUT2D eigenvalue weighted by atomic mass is 16.7. The molecule has 0 radical (unpaired) electrons.